The van der Waals surface area contributed by atoms with Crippen molar-refractivity contribution in [3.8, 4) is 45.7 Å². The van der Waals surface area contributed by atoms with E-state index in [9.17, 15) is 0 Å². The van der Waals surface area contributed by atoms with Gasteiger partial charge in [0.05, 0.1) is 32.1 Å². The molecule has 0 radical (unpaired) electrons. The van der Waals surface area contributed by atoms with Crippen LogP contribution in [-0.4, -0.2) is 45.7 Å². The first kappa shape index (κ1) is 25.6. The number of nitrogens with zero attached hydrogens (tertiary/aromatic N) is 5. The average molecular weight is 550 g/mol. The number of hydrogen-bond acceptors (Lipinski definition) is 9. The lowest BCUT2D eigenvalue weighted by atomic mass is 10.2. The third-order valence-electron chi connectivity index (χ3n) is 5.58. The molecular weight excluding hydrogens is 526 g/mol. The fourth-order valence-corrected chi connectivity index (χ4v) is 4.69. The molecule has 0 unspecified atom stereocenters. The van der Waals surface area contributed by atoms with Gasteiger partial charge in [0.25, 0.3) is 0 Å². The first-order valence-electron chi connectivity index (χ1n) is 11.7. The molecule has 3 aromatic carbocycles. The standard InChI is InChI=1S/C27H24ClN5O4S/c1-4-36-20-11-9-19(10-12-20)33-26(17-5-7-18(28)8-6-17)30-31-27(33)38-16-24-29-25(32-37-24)22-14-13-21(34-2)15-23(22)35-3/h5-15H,4,16H2,1-3H3. The van der Waals surface area contributed by atoms with Crippen molar-refractivity contribution in [2.24, 2.45) is 0 Å². The van der Waals surface area contributed by atoms with Gasteiger partial charge in [0.1, 0.15) is 17.2 Å². The van der Waals surface area contributed by atoms with E-state index in [1.807, 2.05) is 72.2 Å². The molecule has 0 aliphatic carbocycles. The predicted octanol–water partition coefficient (Wildman–Crippen LogP) is 6.35. The number of aromatic nitrogens is 5. The Labute approximate surface area is 228 Å². The highest BCUT2D eigenvalue weighted by Gasteiger charge is 2.19. The molecule has 0 saturated carbocycles. The molecule has 9 nitrogen and oxygen atoms in total. The van der Waals surface area contributed by atoms with Gasteiger partial charge in [0.15, 0.2) is 11.0 Å². The SMILES string of the molecule is CCOc1ccc(-n2c(SCc3nc(-c4ccc(OC)cc4OC)no3)nnc2-c2ccc(Cl)cc2)cc1. The van der Waals surface area contributed by atoms with Crippen LogP contribution in [0.15, 0.2) is 76.4 Å². The third kappa shape index (κ3) is 5.46. The van der Waals surface area contributed by atoms with Gasteiger partial charge < -0.3 is 18.7 Å². The Morgan fingerprint density at radius 1 is 0.921 bits per heavy atom. The van der Waals surface area contributed by atoms with Crippen LogP contribution in [0.4, 0.5) is 0 Å². The zero-order valence-electron chi connectivity index (χ0n) is 20.9. The van der Waals surface area contributed by atoms with E-state index in [1.54, 1.807) is 20.3 Å². The highest BCUT2D eigenvalue weighted by Crippen LogP contribution is 2.34. The molecule has 0 bridgehead atoms. The molecule has 194 valence electrons. The van der Waals surface area contributed by atoms with E-state index in [0.29, 0.717) is 57.1 Å². The van der Waals surface area contributed by atoms with Crippen molar-refractivity contribution in [3.63, 3.8) is 0 Å². The van der Waals surface area contributed by atoms with Crippen LogP contribution in [0.2, 0.25) is 5.02 Å². The maximum absolute atomic E-state index is 6.11. The third-order valence-corrected chi connectivity index (χ3v) is 6.75. The molecule has 0 aliphatic heterocycles. The molecule has 0 atom stereocenters. The molecule has 0 aliphatic rings. The Bertz CT molecular complexity index is 1520. The Morgan fingerprint density at radius 2 is 1.68 bits per heavy atom. The van der Waals surface area contributed by atoms with E-state index in [-0.39, 0.29) is 0 Å². The summed E-state index contributed by atoms with van der Waals surface area (Å²) in [4.78, 5) is 4.56. The molecule has 5 rings (SSSR count). The Hall–Kier alpha value is -4.02. The van der Waals surface area contributed by atoms with Crippen LogP contribution in [-0.2, 0) is 5.75 Å². The summed E-state index contributed by atoms with van der Waals surface area (Å²) < 4.78 is 23.9. The van der Waals surface area contributed by atoms with E-state index >= 15 is 0 Å². The Morgan fingerprint density at radius 3 is 2.39 bits per heavy atom. The van der Waals surface area contributed by atoms with Crippen LogP contribution in [0.25, 0.3) is 28.5 Å². The van der Waals surface area contributed by atoms with Crippen LogP contribution in [0.3, 0.4) is 0 Å². The first-order valence-corrected chi connectivity index (χ1v) is 13.1. The van der Waals surface area contributed by atoms with Gasteiger partial charge in [-0.1, -0.05) is 28.5 Å². The molecule has 11 heteroatoms. The van der Waals surface area contributed by atoms with Crippen molar-refractivity contribution in [2.75, 3.05) is 20.8 Å². The van der Waals surface area contributed by atoms with Gasteiger partial charge in [-0.3, -0.25) is 4.57 Å². The topological polar surface area (TPSA) is 97.3 Å². The fraction of sp³-hybridized carbons (Fsp3) is 0.185. The van der Waals surface area contributed by atoms with Crippen molar-refractivity contribution in [1.29, 1.82) is 0 Å². The van der Waals surface area contributed by atoms with Crippen LogP contribution in [0.5, 0.6) is 17.2 Å². The highest BCUT2D eigenvalue weighted by molar-refractivity contribution is 7.98. The monoisotopic (exact) mass is 549 g/mol. The van der Waals surface area contributed by atoms with Gasteiger partial charge >= 0.3 is 0 Å². The number of hydrogen-bond donors (Lipinski definition) is 0. The van der Waals surface area contributed by atoms with Gasteiger partial charge in [0, 0.05) is 22.3 Å². The Kier molecular flexibility index (Phi) is 7.81. The van der Waals surface area contributed by atoms with Crippen LogP contribution in [0, 0.1) is 0 Å². The lowest BCUT2D eigenvalue weighted by Crippen LogP contribution is -2.00. The summed E-state index contributed by atoms with van der Waals surface area (Å²) in [6.07, 6.45) is 0. The van der Waals surface area contributed by atoms with Gasteiger partial charge in [-0.2, -0.15) is 4.98 Å². The van der Waals surface area contributed by atoms with Crippen LogP contribution < -0.4 is 14.2 Å². The van der Waals surface area contributed by atoms with Crippen LogP contribution in [0.1, 0.15) is 12.8 Å². The van der Waals surface area contributed by atoms with E-state index in [0.717, 1.165) is 17.0 Å². The van der Waals surface area contributed by atoms with E-state index < -0.39 is 0 Å². The molecule has 5 aromatic rings. The van der Waals surface area contributed by atoms with Crippen molar-refractivity contribution < 1.29 is 18.7 Å². The maximum atomic E-state index is 6.11. The summed E-state index contributed by atoms with van der Waals surface area (Å²) in [6, 6.07) is 20.7. The Balaban J connectivity index is 1.43. The second kappa shape index (κ2) is 11.6. The maximum Gasteiger partial charge on any atom is 0.237 e. The molecule has 2 heterocycles. The second-order valence-electron chi connectivity index (χ2n) is 7.94. The predicted molar refractivity (Wildman–Crippen MR) is 145 cm³/mol. The first-order chi connectivity index (χ1) is 18.6. The van der Waals surface area contributed by atoms with Crippen molar-refractivity contribution in [2.45, 2.75) is 17.8 Å². The zero-order valence-corrected chi connectivity index (χ0v) is 22.5. The van der Waals surface area contributed by atoms with Gasteiger partial charge in [0.2, 0.25) is 11.7 Å². The summed E-state index contributed by atoms with van der Waals surface area (Å²) in [6.45, 7) is 2.55. The minimum Gasteiger partial charge on any atom is -0.497 e. The molecule has 2 aromatic heterocycles. The molecule has 0 N–H and O–H groups in total. The summed E-state index contributed by atoms with van der Waals surface area (Å²) in [5.41, 5.74) is 2.48. The fourth-order valence-electron chi connectivity index (χ4n) is 3.77. The normalized spacial score (nSPS) is 10.9. The van der Waals surface area contributed by atoms with Crippen molar-refractivity contribution in [1.82, 2.24) is 24.9 Å². The summed E-state index contributed by atoms with van der Waals surface area (Å²) in [5.74, 6) is 4.00. The number of benzene rings is 3. The summed E-state index contributed by atoms with van der Waals surface area (Å²) in [7, 11) is 3.18. The van der Waals surface area contributed by atoms with Gasteiger partial charge in [-0.15, -0.1) is 10.2 Å². The minimum atomic E-state index is 0.390. The van der Waals surface area contributed by atoms with Gasteiger partial charge in [-0.25, -0.2) is 0 Å². The number of halogens is 1. The summed E-state index contributed by atoms with van der Waals surface area (Å²) >= 11 is 7.55. The molecule has 0 fully saturated rings. The molecule has 0 saturated heterocycles. The quantitative estimate of drug-likeness (QED) is 0.185. The zero-order chi connectivity index (χ0) is 26.5. The van der Waals surface area contributed by atoms with E-state index in [2.05, 4.69) is 20.3 Å². The molecule has 0 amide bonds. The van der Waals surface area contributed by atoms with Crippen LogP contribution >= 0.6 is 23.4 Å². The molecule has 38 heavy (non-hydrogen) atoms. The molecular formula is C27H24ClN5O4S. The minimum absolute atomic E-state index is 0.390. The lowest BCUT2D eigenvalue weighted by Gasteiger charge is -2.11. The van der Waals surface area contributed by atoms with E-state index in [4.69, 9.17) is 30.3 Å². The van der Waals surface area contributed by atoms with Crippen molar-refractivity contribution in [3.05, 3.63) is 77.6 Å². The molecule has 0 spiro atoms. The summed E-state index contributed by atoms with van der Waals surface area (Å²) in [5, 5.41) is 14.4. The lowest BCUT2D eigenvalue weighted by molar-refractivity contribution is 0.340. The number of rotatable bonds is 10. The van der Waals surface area contributed by atoms with Gasteiger partial charge in [-0.05, 0) is 67.6 Å². The second-order valence-corrected chi connectivity index (χ2v) is 9.32. The van der Waals surface area contributed by atoms with E-state index in [1.165, 1.54) is 11.8 Å². The average Bonchev–Trinajstić information content (AvgIpc) is 3.60. The number of thioether (sulfide) groups is 1. The van der Waals surface area contributed by atoms with Crippen molar-refractivity contribution >= 4 is 23.4 Å². The largest absolute Gasteiger partial charge is 0.497 e. The number of ether oxygens (including phenoxy) is 3. The highest BCUT2D eigenvalue weighted by atomic mass is 35.5. The smallest absolute Gasteiger partial charge is 0.237 e. The number of methoxy groups -OCH3 is 2.